The molecule has 28 heavy (non-hydrogen) atoms. The van der Waals surface area contributed by atoms with Crippen LogP contribution in [0.1, 0.15) is 19.4 Å². The average molecular weight is 387 g/mol. The SMILES string of the molecule is CCOc1ccccc1NC(=O)CN(CC)CC(=O)NCc1ccc(F)cc1. The van der Waals surface area contributed by atoms with Gasteiger partial charge in [-0.15, -0.1) is 0 Å². The first-order valence-corrected chi connectivity index (χ1v) is 9.27. The van der Waals surface area contributed by atoms with E-state index in [-0.39, 0.29) is 30.7 Å². The highest BCUT2D eigenvalue weighted by Crippen LogP contribution is 2.23. The van der Waals surface area contributed by atoms with Crippen LogP contribution in [0.5, 0.6) is 5.75 Å². The lowest BCUT2D eigenvalue weighted by molar-refractivity contribution is -0.123. The molecule has 2 amide bonds. The number of likely N-dealkylation sites (N-methyl/N-ethyl adjacent to an activating group) is 1. The van der Waals surface area contributed by atoms with E-state index in [1.165, 1.54) is 12.1 Å². The molecule has 2 aromatic carbocycles. The average Bonchev–Trinajstić information content (AvgIpc) is 2.68. The number of carbonyl (C=O) groups excluding carboxylic acids is 2. The van der Waals surface area contributed by atoms with E-state index in [4.69, 9.17) is 4.74 Å². The first kappa shape index (κ1) is 21.4. The van der Waals surface area contributed by atoms with Gasteiger partial charge < -0.3 is 15.4 Å². The minimum Gasteiger partial charge on any atom is -0.492 e. The van der Waals surface area contributed by atoms with E-state index in [1.807, 2.05) is 26.0 Å². The Morgan fingerprint density at radius 1 is 1.00 bits per heavy atom. The van der Waals surface area contributed by atoms with E-state index >= 15 is 0 Å². The lowest BCUT2D eigenvalue weighted by Crippen LogP contribution is -2.40. The maximum absolute atomic E-state index is 12.9. The van der Waals surface area contributed by atoms with Crippen LogP contribution < -0.4 is 15.4 Å². The molecule has 0 saturated carbocycles. The van der Waals surface area contributed by atoms with Gasteiger partial charge in [-0.1, -0.05) is 31.2 Å². The number of hydrogen-bond acceptors (Lipinski definition) is 4. The third kappa shape index (κ3) is 7.00. The molecule has 0 aliphatic carbocycles. The highest BCUT2D eigenvalue weighted by molar-refractivity contribution is 5.94. The predicted molar refractivity (Wildman–Crippen MR) is 107 cm³/mol. The van der Waals surface area contributed by atoms with Crippen LogP contribution >= 0.6 is 0 Å². The molecule has 0 aliphatic rings. The standard InChI is InChI=1S/C21H26FN3O3/c1-3-25(14-20(26)23-13-16-9-11-17(22)12-10-16)15-21(27)24-18-7-5-6-8-19(18)28-4-2/h5-12H,3-4,13-15H2,1-2H3,(H,23,26)(H,24,27). The van der Waals surface area contributed by atoms with Crippen LogP contribution in [0.25, 0.3) is 0 Å². The molecule has 0 heterocycles. The molecule has 0 unspecified atom stereocenters. The van der Waals surface area contributed by atoms with Crippen molar-refractivity contribution in [3.8, 4) is 5.75 Å². The zero-order valence-electron chi connectivity index (χ0n) is 16.2. The maximum atomic E-state index is 12.9. The molecular weight excluding hydrogens is 361 g/mol. The second kappa shape index (κ2) is 11.0. The van der Waals surface area contributed by atoms with E-state index in [9.17, 15) is 14.0 Å². The lowest BCUT2D eigenvalue weighted by atomic mass is 10.2. The molecule has 2 rings (SSSR count). The van der Waals surface area contributed by atoms with Gasteiger partial charge in [-0.25, -0.2) is 4.39 Å². The van der Waals surface area contributed by atoms with Crippen LogP contribution in [-0.2, 0) is 16.1 Å². The third-order valence-electron chi connectivity index (χ3n) is 4.05. The van der Waals surface area contributed by atoms with Crippen molar-refractivity contribution in [2.75, 3.05) is 31.6 Å². The third-order valence-corrected chi connectivity index (χ3v) is 4.05. The van der Waals surface area contributed by atoms with E-state index < -0.39 is 0 Å². The fourth-order valence-corrected chi connectivity index (χ4v) is 2.59. The Kier molecular flexibility index (Phi) is 8.42. The summed E-state index contributed by atoms with van der Waals surface area (Å²) in [7, 11) is 0. The molecule has 0 spiro atoms. The van der Waals surface area contributed by atoms with Gasteiger partial charge in [-0.3, -0.25) is 14.5 Å². The summed E-state index contributed by atoms with van der Waals surface area (Å²) in [6.45, 7) is 5.30. The molecule has 0 radical (unpaired) electrons. The van der Waals surface area contributed by atoms with E-state index in [0.717, 1.165) is 5.56 Å². The number of para-hydroxylation sites is 2. The summed E-state index contributed by atoms with van der Waals surface area (Å²) in [6.07, 6.45) is 0. The summed E-state index contributed by atoms with van der Waals surface area (Å²) < 4.78 is 18.4. The smallest absolute Gasteiger partial charge is 0.238 e. The number of nitrogens with zero attached hydrogens (tertiary/aromatic N) is 1. The Morgan fingerprint density at radius 3 is 2.36 bits per heavy atom. The largest absolute Gasteiger partial charge is 0.492 e. The first-order valence-electron chi connectivity index (χ1n) is 9.27. The summed E-state index contributed by atoms with van der Waals surface area (Å²) in [6, 6.07) is 13.2. The minimum atomic E-state index is -0.316. The lowest BCUT2D eigenvalue weighted by Gasteiger charge is -2.20. The van der Waals surface area contributed by atoms with Gasteiger partial charge in [0.05, 0.1) is 25.4 Å². The number of amides is 2. The molecule has 0 aromatic heterocycles. The number of benzene rings is 2. The molecule has 0 fully saturated rings. The van der Waals surface area contributed by atoms with Gasteiger partial charge in [0.1, 0.15) is 11.6 Å². The van der Waals surface area contributed by atoms with Crippen molar-refractivity contribution < 1.29 is 18.7 Å². The van der Waals surface area contributed by atoms with Crippen LogP contribution in [0.2, 0.25) is 0 Å². The summed E-state index contributed by atoms with van der Waals surface area (Å²) >= 11 is 0. The highest BCUT2D eigenvalue weighted by Gasteiger charge is 2.14. The van der Waals surface area contributed by atoms with Crippen molar-refractivity contribution in [2.45, 2.75) is 20.4 Å². The van der Waals surface area contributed by atoms with E-state index in [0.29, 0.717) is 31.1 Å². The summed E-state index contributed by atoms with van der Waals surface area (Å²) in [5, 5.41) is 5.60. The van der Waals surface area contributed by atoms with Gasteiger partial charge in [-0.2, -0.15) is 0 Å². The van der Waals surface area contributed by atoms with Crippen molar-refractivity contribution in [1.29, 1.82) is 0 Å². The fourth-order valence-electron chi connectivity index (χ4n) is 2.59. The van der Waals surface area contributed by atoms with Crippen molar-refractivity contribution in [2.24, 2.45) is 0 Å². The summed E-state index contributed by atoms with van der Waals surface area (Å²) in [5.74, 6) is -0.128. The molecular formula is C21H26FN3O3. The number of ether oxygens (including phenoxy) is 1. The van der Waals surface area contributed by atoms with Gasteiger partial charge in [0.25, 0.3) is 0 Å². The number of rotatable bonds is 10. The van der Waals surface area contributed by atoms with E-state index in [2.05, 4.69) is 10.6 Å². The second-order valence-electron chi connectivity index (χ2n) is 6.18. The van der Waals surface area contributed by atoms with Crippen molar-refractivity contribution >= 4 is 17.5 Å². The minimum absolute atomic E-state index is 0.0843. The Bertz CT molecular complexity index is 781. The van der Waals surface area contributed by atoms with Gasteiger partial charge in [0.15, 0.2) is 0 Å². The summed E-state index contributed by atoms with van der Waals surface area (Å²) in [5.41, 5.74) is 1.41. The van der Waals surface area contributed by atoms with Crippen molar-refractivity contribution in [3.05, 3.63) is 59.9 Å². The number of nitrogens with one attached hydrogen (secondary N) is 2. The number of halogens is 1. The van der Waals surface area contributed by atoms with Crippen LogP contribution in [-0.4, -0.2) is 43.0 Å². The fraction of sp³-hybridized carbons (Fsp3) is 0.333. The molecule has 0 saturated heterocycles. The molecule has 0 bridgehead atoms. The molecule has 2 N–H and O–H groups in total. The van der Waals surface area contributed by atoms with Gasteiger partial charge >= 0.3 is 0 Å². The second-order valence-corrected chi connectivity index (χ2v) is 6.18. The topological polar surface area (TPSA) is 70.7 Å². The maximum Gasteiger partial charge on any atom is 0.238 e. The summed E-state index contributed by atoms with van der Waals surface area (Å²) in [4.78, 5) is 26.2. The van der Waals surface area contributed by atoms with Crippen LogP contribution in [0, 0.1) is 5.82 Å². The molecule has 0 aliphatic heterocycles. The van der Waals surface area contributed by atoms with Gasteiger partial charge in [0, 0.05) is 6.54 Å². The zero-order chi connectivity index (χ0) is 20.4. The van der Waals surface area contributed by atoms with Crippen molar-refractivity contribution in [3.63, 3.8) is 0 Å². The highest BCUT2D eigenvalue weighted by atomic mass is 19.1. The quantitative estimate of drug-likeness (QED) is 0.658. The normalized spacial score (nSPS) is 10.6. The molecule has 7 heteroatoms. The molecule has 2 aromatic rings. The number of anilines is 1. The Morgan fingerprint density at radius 2 is 1.68 bits per heavy atom. The van der Waals surface area contributed by atoms with Crippen LogP contribution in [0.4, 0.5) is 10.1 Å². The van der Waals surface area contributed by atoms with Gasteiger partial charge in [0.2, 0.25) is 11.8 Å². The Hall–Kier alpha value is -2.93. The van der Waals surface area contributed by atoms with Crippen LogP contribution in [0.15, 0.2) is 48.5 Å². The molecule has 150 valence electrons. The molecule has 0 atom stereocenters. The number of carbonyl (C=O) groups is 2. The Balaban J connectivity index is 1.83. The zero-order valence-corrected chi connectivity index (χ0v) is 16.2. The van der Waals surface area contributed by atoms with Crippen molar-refractivity contribution in [1.82, 2.24) is 10.2 Å². The van der Waals surface area contributed by atoms with Crippen LogP contribution in [0.3, 0.4) is 0 Å². The first-order chi connectivity index (χ1) is 13.5. The Labute approximate surface area is 164 Å². The molecule has 6 nitrogen and oxygen atoms in total. The monoisotopic (exact) mass is 387 g/mol. The van der Waals surface area contributed by atoms with E-state index in [1.54, 1.807) is 29.2 Å². The van der Waals surface area contributed by atoms with Gasteiger partial charge in [-0.05, 0) is 43.3 Å². The number of hydrogen-bond donors (Lipinski definition) is 2. The predicted octanol–water partition coefficient (Wildman–Crippen LogP) is 2.80.